The van der Waals surface area contributed by atoms with E-state index in [0.717, 1.165) is 40.1 Å². The maximum absolute atomic E-state index is 13.2. The zero-order chi connectivity index (χ0) is 34.8. The molecule has 0 aliphatic heterocycles. The van der Waals surface area contributed by atoms with E-state index in [4.69, 9.17) is 28.4 Å². The highest BCUT2D eigenvalue weighted by molar-refractivity contribution is 5.98. The number of aryl methyl sites for hydroxylation is 1. The normalized spacial score (nSPS) is 9.75. The summed E-state index contributed by atoms with van der Waals surface area (Å²) in [4.78, 5) is 48.6. The summed E-state index contributed by atoms with van der Waals surface area (Å²) >= 11 is 0. The summed E-state index contributed by atoms with van der Waals surface area (Å²) in [5, 5.41) is 3.20. The maximum Gasteiger partial charge on any atom is 0.343 e. The van der Waals surface area contributed by atoms with Crippen molar-refractivity contribution in [3.05, 3.63) is 133 Å². The Labute approximate surface area is 311 Å². The average Bonchev–Trinajstić information content (AvgIpc) is 3.12. The molecule has 5 aromatic carbocycles. The van der Waals surface area contributed by atoms with Crippen LogP contribution in [0.4, 0.5) is 0 Å². The highest BCUT2D eigenvalue weighted by Crippen LogP contribution is 2.29. The number of carbonyl (C=O) groups excluding carboxylic acids is 4. The van der Waals surface area contributed by atoms with Gasteiger partial charge in [-0.25, -0.2) is 19.2 Å². The SMILES string of the molecule is C.C.C.C.C=CC(=O)OCOc1ccc2cc(C(=O)Oc3ccc(OC(=O)c4ccc5cc(OCOC(=O)C=C)ccc5c4)c(CCC)c3)ccc2c1. The third kappa shape index (κ3) is 11.8. The number of rotatable bonds is 14. The van der Waals surface area contributed by atoms with Crippen LogP contribution in [-0.4, -0.2) is 37.5 Å². The topological polar surface area (TPSA) is 124 Å². The fourth-order valence-corrected chi connectivity index (χ4v) is 4.82. The van der Waals surface area contributed by atoms with Gasteiger partial charge in [-0.3, -0.25) is 0 Å². The lowest BCUT2D eigenvalue weighted by Crippen LogP contribution is -2.11. The minimum absolute atomic E-state index is 0. The van der Waals surface area contributed by atoms with Gasteiger partial charge in [-0.2, -0.15) is 0 Å². The number of fused-ring (bicyclic) bond motifs is 2. The van der Waals surface area contributed by atoms with Crippen LogP contribution < -0.4 is 18.9 Å². The Balaban J connectivity index is 0.00000351. The Morgan fingerprint density at radius 3 is 1.45 bits per heavy atom. The van der Waals surface area contributed by atoms with E-state index in [0.29, 0.717) is 46.1 Å². The van der Waals surface area contributed by atoms with Crippen molar-refractivity contribution in [2.24, 2.45) is 0 Å². The van der Waals surface area contributed by atoms with Crippen LogP contribution in [0.1, 0.15) is 69.3 Å². The summed E-state index contributed by atoms with van der Waals surface area (Å²) in [6.07, 6.45) is 3.46. The third-order valence-corrected chi connectivity index (χ3v) is 7.25. The molecule has 0 heterocycles. The predicted molar refractivity (Wildman–Crippen MR) is 209 cm³/mol. The smallest absolute Gasteiger partial charge is 0.343 e. The van der Waals surface area contributed by atoms with Crippen molar-refractivity contribution >= 4 is 45.4 Å². The second-order valence-electron chi connectivity index (χ2n) is 10.6. The van der Waals surface area contributed by atoms with Crippen LogP contribution in [0.15, 0.2) is 116 Å². The summed E-state index contributed by atoms with van der Waals surface area (Å²) in [6.45, 7) is 8.16. The molecule has 0 fully saturated rings. The Morgan fingerprint density at radius 1 is 0.547 bits per heavy atom. The van der Waals surface area contributed by atoms with Gasteiger partial charge in [0.2, 0.25) is 13.6 Å². The molecule has 0 saturated carbocycles. The van der Waals surface area contributed by atoms with Crippen molar-refractivity contribution in [3.63, 3.8) is 0 Å². The van der Waals surface area contributed by atoms with Crippen molar-refractivity contribution in [1.82, 2.24) is 0 Å². The van der Waals surface area contributed by atoms with Crippen molar-refractivity contribution in [1.29, 1.82) is 0 Å². The van der Waals surface area contributed by atoms with Gasteiger partial charge >= 0.3 is 23.9 Å². The summed E-state index contributed by atoms with van der Waals surface area (Å²) in [7, 11) is 0. The third-order valence-electron chi connectivity index (χ3n) is 7.25. The highest BCUT2D eigenvalue weighted by atomic mass is 16.7. The van der Waals surface area contributed by atoms with Gasteiger partial charge in [0.05, 0.1) is 11.1 Å². The van der Waals surface area contributed by atoms with Gasteiger partial charge in [-0.1, -0.05) is 80.5 Å². The largest absolute Gasteiger partial charge is 0.457 e. The number of benzene rings is 5. The molecule has 0 aromatic heterocycles. The van der Waals surface area contributed by atoms with Gasteiger partial charge in [0.25, 0.3) is 0 Å². The van der Waals surface area contributed by atoms with E-state index in [1.807, 2.05) is 6.92 Å². The maximum atomic E-state index is 13.2. The van der Waals surface area contributed by atoms with Gasteiger partial charge in [0, 0.05) is 12.2 Å². The molecular formula is C43H48O10. The van der Waals surface area contributed by atoms with E-state index >= 15 is 0 Å². The second kappa shape index (κ2) is 21.1. The molecule has 0 bridgehead atoms. The zero-order valence-corrected chi connectivity index (χ0v) is 26.6. The van der Waals surface area contributed by atoms with Crippen LogP contribution in [-0.2, 0) is 25.5 Å². The molecule has 10 heteroatoms. The molecule has 0 unspecified atom stereocenters. The molecule has 5 rings (SSSR count). The van der Waals surface area contributed by atoms with E-state index < -0.39 is 23.9 Å². The molecule has 0 atom stereocenters. The molecule has 10 nitrogen and oxygen atoms in total. The summed E-state index contributed by atoms with van der Waals surface area (Å²) in [5.74, 6) is -0.581. The number of hydrogen-bond donors (Lipinski definition) is 0. The van der Waals surface area contributed by atoms with E-state index in [1.54, 1.807) is 91.0 Å². The fraction of sp³-hybridized carbons (Fsp3) is 0.209. The fourth-order valence-electron chi connectivity index (χ4n) is 4.82. The first kappa shape index (κ1) is 44.6. The Hall–Kier alpha value is -6.42. The molecule has 0 N–H and O–H groups in total. The number of esters is 4. The van der Waals surface area contributed by atoms with Gasteiger partial charge in [-0.15, -0.1) is 0 Å². The van der Waals surface area contributed by atoms with Crippen molar-refractivity contribution in [3.8, 4) is 23.0 Å². The van der Waals surface area contributed by atoms with E-state index in [2.05, 4.69) is 13.2 Å². The number of hydrogen-bond acceptors (Lipinski definition) is 10. The Morgan fingerprint density at radius 2 is 0.981 bits per heavy atom. The second-order valence-corrected chi connectivity index (χ2v) is 10.6. The molecule has 0 aliphatic carbocycles. The predicted octanol–water partition coefficient (Wildman–Crippen LogP) is 10.1. The molecular weight excluding hydrogens is 676 g/mol. The van der Waals surface area contributed by atoms with E-state index in [-0.39, 0.29) is 43.3 Å². The first-order valence-electron chi connectivity index (χ1n) is 15.2. The Bertz CT molecular complexity index is 2060. The summed E-state index contributed by atoms with van der Waals surface area (Å²) < 4.78 is 32.0. The van der Waals surface area contributed by atoms with E-state index in [1.165, 1.54) is 0 Å². The average molecular weight is 725 g/mol. The molecule has 0 spiro atoms. The summed E-state index contributed by atoms with van der Waals surface area (Å²) in [5.41, 5.74) is 1.41. The van der Waals surface area contributed by atoms with Crippen LogP contribution in [0, 0.1) is 0 Å². The van der Waals surface area contributed by atoms with Crippen LogP contribution in [0.2, 0.25) is 0 Å². The first-order chi connectivity index (χ1) is 23.8. The van der Waals surface area contributed by atoms with Gasteiger partial charge < -0.3 is 28.4 Å². The van der Waals surface area contributed by atoms with Crippen molar-refractivity contribution < 1.29 is 47.6 Å². The van der Waals surface area contributed by atoms with Gasteiger partial charge in [-0.05, 0) is 100 Å². The lowest BCUT2D eigenvalue weighted by molar-refractivity contribution is -0.145. The minimum Gasteiger partial charge on any atom is -0.457 e. The van der Waals surface area contributed by atoms with Crippen molar-refractivity contribution in [2.75, 3.05) is 13.6 Å². The quantitative estimate of drug-likeness (QED) is 0.0473. The number of ether oxygens (including phenoxy) is 6. The lowest BCUT2D eigenvalue weighted by Gasteiger charge is -2.13. The van der Waals surface area contributed by atoms with Crippen LogP contribution in [0.25, 0.3) is 21.5 Å². The Kier molecular flexibility index (Phi) is 17.7. The summed E-state index contributed by atoms with van der Waals surface area (Å²) in [6, 6.07) is 25.7. The first-order valence-corrected chi connectivity index (χ1v) is 15.2. The van der Waals surface area contributed by atoms with E-state index in [9.17, 15) is 19.2 Å². The molecule has 5 aromatic rings. The zero-order valence-electron chi connectivity index (χ0n) is 26.6. The van der Waals surface area contributed by atoms with Gasteiger partial charge in [0.15, 0.2) is 0 Å². The standard InChI is InChI=1S/C39H32O10.4CH4/c1-4-7-29-22-34(48-38(42)30-10-8-27-20-32(14-12-25(27)18-30)44-23-46-36(40)5-2)16-17-35(29)49-39(43)31-11-9-28-21-33(15-13-26(28)19-31)45-24-47-37(41)6-3;;;;/h5-6,8-22H,2-4,7,23-24H2,1H3;4*1H4. The molecule has 0 radical (unpaired) electrons. The highest BCUT2D eigenvalue weighted by Gasteiger charge is 2.16. The molecule has 280 valence electrons. The lowest BCUT2D eigenvalue weighted by atomic mass is 10.1. The molecule has 0 aliphatic rings. The number of carbonyl (C=O) groups is 4. The molecule has 0 saturated heterocycles. The van der Waals surface area contributed by atoms with Crippen LogP contribution in [0.3, 0.4) is 0 Å². The van der Waals surface area contributed by atoms with Crippen LogP contribution >= 0.6 is 0 Å². The molecule has 0 amide bonds. The monoisotopic (exact) mass is 724 g/mol. The molecule has 53 heavy (non-hydrogen) atoms. The van der Waals surface area contributed by atoms with Crippen molar-refractivity contribution in [2.45, 2.75) is 49.5 Å². The minimum atomic E-state index is -0.585. The van der Waals surface area contributed by atoms with Crippen LogP contribution in [0.5, 0.6) is 23.0 Å². The van der Waals surface area contributed by atoms with Gasteiger partial charge in [0.1, 0.15) is 23.0 Å².